The van der Waals surface area contributed by atoms with Crippen LogP contribution in [0.15, 0.2) is 11.0 Å². The molecule has 0 radical (unpaired) electrons. The summed E-state index contributed by atoms with van der Waals surface area (Å²) in [5.74, 6) is 0.589. The first-order valence-corrected chi connectivity index (χ1v) is 6.74. The fourth-order valence-electron chi connectivity index (χ4n) is 3.35. The van der Waals surface area contributed by atoms with Gasteiger partial charge in [-0.15, -0.1) is 0 Å². The average molecular weight is 243 g/mol. The molecule has 0 aliphatic heterocycles. The van der Waals surface area contributed by atoms with Crippen molar-refractivity contribution >= 4 is 11.0 Å². The molecule has 18 heavy (non-hydrogen) atoms. The topological polar surface area (TPSA) is 39.8 Å². The molecule has 0 bridgehead atoms. The first kappa shape index (κ1) is 10.4. The maximum absolute atomic E-state index is 12.7. The molecule has 4 rings (SSSR count). The summed E-state index contributed by atoms with van der Waals surface area (Å²) in [6.07, 6.45) is 6.16. The molecule has 2 aliphatic rings. The van der Waals surface area contributed by atoms with E-state index in [1.807, 2.05) is 22.5 Å². The van der Waals surface area contributed by atoms with Crippen molar-refractivity contribution in [3.05, 3.63) is 27.7 Å². The summed E-state index contributed by atoms with van der Waals surface area (Å²) in [5.41, 5.74) is 3.57. The standard InChI is InChI=1S/C14H17N3O/c1-8-5-10-11(6-8)14(18)17(9-3-4-9)13-12(10)7-15-16(13)2/h7-9H,3-6H2,1-2H3. The molecule has 94 valence electrons. The third-order valence-corrected chi connectivity index (χ3v) is 4.32. The van der Waals surface area contributed by atoms with Gasteiger partial charge in [-0.1, -0.05) is 6.92 Å². The lowest BCUT2D eigenvalue weighted by Crippen LogP contribution is -2.25. The van der Waals surface area contributed by atoms with Gasteiger partial charge in [0, 0.05) is 24.0 Å². The van der Waals surface area contributed by atoms with Crippen molar-refractivity contribution in [1.29, 1.82) is 0 Å². The zero-order valence-electron chi connectivity index (χ0n) is 10.8. The molecule has 4 heteroatoms. The first-order chi connectivity index (χ1) is 8.66. The lowest BCUT2D eigenvalue weighted by Gasteiger charge is -2.11. The minimum atomic E-state index is 0.243. The Morgan fingerprint density at radius 3 is 2.72 bits per heavy atom. The van der Waals surface area contributed by atoms with Gasteiger partial charge in [0.2, 0.25) is 0 Å². The second kappa shape index (κ2) is 3.25. The number of aryl methyl sites for hydroxylation is 1. The lowest BCUT2D eigenvalue weighted by molar-refractivity contribution is 0.622. The molecule has 1 saturated carbocycles. The Bertz CT molecular complexity index is 706. The highest BCUT2D eigenvalue weighted by molar-refractivity contribution is 5.81. The summed E-state index contributed by atoms with van der Waals surface area (Å²) < 4.78 is 3.86. The van der Waals surface area contributed by atoms with Gasteiger partial charge in [-0.3, -0.25) is 14.0 Å². The molecule has 2 heterocycles. The van der Waals surface area contributed by atoms with Crippen LogP contribution in [0.25, 0.3) is 11.0 Å². The molecular formula is C14H17N3O. The monoisotopic (exact) mass is 243 g/mol. The van der Waals surface area contributed by atoms with Crippen LogP contribution < -0.4 is 5.56 Å². The Hall–Kier alpha value is -1.58. The number of pyridine rings is 1. The first-order valence-electron chi connectivity index (χ1n) is 6.74. The number of hydrogen-bond donors (Lipinski definition) is 0. The van der Waals surface area contributed by atoms with Crippen LogP contribution >= 0.6 is 0 Å². The molecule has 4 nitrogen and oxygen atoms in total. The molecule has 2 aliphatic carbocycles. The molecule has 0 saturated heterocycles. The maximum atomic E-state index is 12.7. The fourth-order valence-corrected chi connectivity index (χ4v) is 3.35. The Balaban J connectivity index is 2.16. The van der Waals surface area contributed by atoms with Crippen LogP contribution in [0.3, 0.4) is 0 Å². The smallest absolute Gasteiger partial charge is 0.255 e. The second-order valence-electron chi connectivity index (χ2n) is 5.88. The summed E-state index contributed by atoms with van der Waals surface area (Å²) in [6, 6.07) is 0.414. The molecule has 0 amide bonds. The van der Waals surface area contributed by atoms with Gasteiger partial charge in [0.25, 0.3) is 5.56 Å². The molecule has 2 aromatic rings. The van der Waals surface area contributed by atoms with E-state index < -0.39 is 0 Å². The minimum Gasteiger partial charge on any atom is -0.290 e. The van der Waals surface area contributed by atoms with Gasteiger partial charge >= 0.3 is 0 Å². The number of nitrogens with zero attached hydrogens (tertiary/aromatic N) is 3. The van der Waals surface area contributed by atoms with E-state index in [1.54, 1.807) is 0 Å². The molecule has 2 aromatic heterocycles. The fraction of sp³-hybridized carbons (Fsp3) is 0.571. The van der Waals surface area contributed by atoms with Crippen molar-refractivity contribution < 1.29 is 0 Å². The lowest BCUT2D eigenvalue weighted by atomic mass is 10.1. The van der Waals surface area contributed by atoms with Gasteiger partial charge in [-0.25, -0.2) is 0 Å². The number of rotatable bonds is 1. The van der Waals surface area contributed by atoms with Gasteiger partial charge in [0.1, 0.15) is 5.65 Å². The van der Waals surface area contributed by atoms with Crippen LogP contribution in [0.1, 0.15) is 36.9 Å². The summed E-state index contributed by atoms with van der Waals surface area (Å²) in [5, 5.41) is 5.56. The summed E-state index contributed by atoms with van der Waals surface area (Å²) >= 11 is 0. The van der Waals surface area contributed by atoms with E-state index in [-0.39, 0.29) is 5.56 Å². The maximum Gasteiger partial charge on any atom is 0.255 e. The van der Waals surface area contributed by atoms with Crippen LogP contribution in [0, 0.1) is 5.92 Å². The Labute approximate surface area is 105 Å². The van der Waals surface area contributed by atoms with E-state index in [4.69, 9.17) is 0 Å². The van der Waals surface area contributed by atoms with E-state index in [0.29, 0.717) is 12.0 Å². The molecular weight excluding hydrogens is 226 g/mol. The molecule has 0 aromatic carbocycles. The molecule has 0 spiro atoms. The SMILES string of the molecule is CC1Cc2c(c3cnn(C)c3n(C3CC3)c2=O)C1. The van der Waals surface area contributed by atoms with Gasteiger partial charge < -0.3 is 0 Å². The van der Waals surface area contributed by atoms with Crippen molar-refractivity contribution in [3.8, 4) is 0 Å². The predicted octanol–water partition coefficient (Wildman–Crippen LogP) is 1.80. The van der Waals surface area contributed by atoms with Crippen LogP contribution in [0.2, 0.25) is 0 Å². The zero-order valence-corrected chi connectivity index (χ0v) is 10.8. The average Bonchev–Trinajstić information content (AvgIpc) is 2.98. The summed E-state index contributed by atoms with van der Waals surface area (Å²) in [6.45, 7) is 2.23. The highest BCUT2D eigenvalue weighted by Crippen LogP contribution is 2.38. The highest BCUT2D eigenvalue weighted by Gasteiger charge is 2.32. The predicted molar refractivity (Wildman–Crippen MR) is 69.8 cm³/mol. The van der Waals surface area contributed by atoms with Crippen LogP contribution in [-0.4, -0.2) is 14.3 Å². The van der Waals surface area contributed by atoms with E-state index in [9.17, 15) is 4.79 Å². The third kappa shape index (κ3) is 1.21. The quantitative estimate of drug-likeness (QED) is 0.766. The van der Waals surface area contributed by atoms with Gasteiger partial charge in [0.15, 0.2) is 0 Å². The molecule has 1 unspecified atom stereocenters. The Morgan fingerprint density at radius 1 is 1.28 bits per heavy atom. The van der Waals surface area contributed by atoms with Gasteiger partial charge in [-0.2, -0.15) is 5.10 Å². The van der Waals surface area contributed by atoms with E-state index in [0.717, 1.165) is 36.9 Å². The van der Waals surface area contributed by atoms with E-state index in [1.165, 1.54) is 10.9 Å². The normalized spacial score (nSPS) is 22.7. The zero-order chi connectivity index (χ0) is 12.4. The third-order valence-electron chi connectivity index (χ3n) is 4.32. The number of hydrogen-bond acceptors (Lipinski definition) is 2. The van der Waals surface area contributed by atoms with E-state index in [2.05, 4.69) is 12.0 Å². The van der Waals surface area contributed by atoms with Crippen molar-refractivity contribution in [3.63, 3.8) is 0 Å². The molecule has 0 N–H and O–H groups in total. The van der Waals surface area contributed by atoms with Crippen LogP contribution in [-0.2, 0) is 19.9 Å². The van der Waals surface area contributed by atoms with Crippen molar-refractivity contribution in [2.75, 3.05) is 0 Å². The van der Waals surface area contributed by atoms with Crippen molar-refractivity contribution in [2.24, 2.45) is 13.0 Å². The number of aromatic nitrogens is 3. The molecule has 1 atom stereocenters. The highest BCUT2D eigenvalue weighted by atomic mass is 16.1. The minimum absolute atomic E-state index is 0.243. The van der Waals surface area contributed by atoms with Crippen molar-refractivity contribution in [1.82, 2.24) is 14.3 Å². The summed E-state index contributed by atoms with van der Waals surface area (Å²) in [7, 11) is 1.94. The van der Waals surface area contributed by atoms with E-state index >= 15 is 0 Å². The summed E-state index contributed by atoms with van der Waals surface area (Å²) in [4.78, 5) is 12.7. The van der Waals surface area contributed by atoms with Crippen molar-refractivity contribution in [2.45, 2.75) is 38.6 Å². The van der Waals surface area contributed by atoms with Gasteiger partial charge in [-0.05, 0) is 37.2 Å². The Morgan fingerprint density at radius 2 is 2.00 bits per heavy atom. The van der Waals surface area contributed by atoms with Crippen LogP contribution in [0.5, 0.6) is 0 Å². The second-order valence-corrected chi connectivity index (χ2v) is 5.88. The Kier molecular flexibility index (Phi) is 1.87. The van der Waals surface area contributed by atoms with Gasteiger partial charge in [0.05, 0.1) is 6.20 Å². The molecule has 1 fully saturated rings. The van der Waals surface area contributed by atoms with Crippen LogP contribution in [0.4, 0.5) is 0 Å². The largest absolute Gasteiger partial charge is 0.290 e. The number of fused-ring (bicyclic) bond motifs is 3.